The predicted octanol–water partition coefficient (Wildman–Crippen LogP) is 2.53. The summed E-state index contributed by atoms with van der Waals surface area (Å²) in [6, 6.07) is 3.27. The first-order valence-electron chi connectivity index (χ1n) is 5.59. The molecule has 0 fully saturated rings. The van der Waals surface area contributed by atoms with Gasteiger partial charge in [-0.3, -0.25) is 4.79 Å². The fraction of sp³-hybridized carbons (Fsp3) is 0.462. The van der Waals surface area contributed by atoms with E-state index >= 15 is 0 Å². The van der Waals surface area contributed by atoms with Gasteiger partial charge in [0.25, 0.3) is 0 Å². The Morgan fingerprint density at radius 2 is 2.12 bits per heavy atom. The van der Waals surface area contributed by atoms with Gasteiger partial charge in [0.1, 0.15) is 11.5 Å². The van der Waals surface area contributed by atoms with Crippen LogP contribution in [-0.2, 0) is 11.2 Å². The normalized spacial score (nSPS) is 10.3. The van der Waals surface area contributed by atoms with Crippen molar-refractivity contribution in [1.29, 1.82) is 0 Å². The molecule has 1 N–H and O–H groups in total. The summed E-state index contributed by atoms with van der Waals surface area (Å²) in [7, 11) is 1.53. The first kappa shape index (κ1) is 13.5. The molecule has 0 unspecified atom stereocenters. The van der Waals surface area contributed by atoms with Crippen molar-refractivity contribution < 1.29 is 19.4 Å². The van der Waals surface area contributed by atoms with E-state index in [-0.39, 0.29) is 18.3 Å². The summed E-state index contributed by atoms with van der Waals surface area (Å²) in [6.45, 7) is 3.55. The van der Waals surface area contributed by atoms with E-state index in [9.17, 15) is 9.90 Å². The van der Waals surface area contributed by atoms with Crippen molar-refractivity contribution in [2.24, 2.45) is 0 Å². The molecule has 0 aliphatic carbocycles. The fourth-order valence-corrected chi connectivity index (χ4v) is 1.65. The molecule has 0 bridgehead atoms. The largest absolute Gasteiger partial charge is 0.507 e. The highest BCUT2D eigenvalue weighted by Crippen LogP contribution is 2.32. The van der Waals surface area contributed by atoms with Crippen LogP contribution in [0.1, 0.15) is 36.2 Å². The van der Waals surface area contributed by atoms with Crippen LogP contribution in [0, 0.1) is 0 Å². The van der Waals surface area contributed by atoms with Crippen LogP contribution in [0.25, 0.3) is 0 Å². The second-order valence-corrected chi connectivity index (χ2v) is 3.80. The smallest absolute Gasteiger partial charge is 0.188 e. The van der Waals surface area contributed by atoms with Crippen LogP contribution in [0.2, 0.25) is 0 Å². The van der Waals surface area contributed by atoms with E-state index in [1.54, 1.807) is 12.1 Å². The number of benzene rings is 1. The molecule has 0 heterocycles. The van der Waals surface area contributed by atoms with Crippen molar-refractivity contribution >= 4 is 5.78 Å². The van der Waals surface area contributed by atoms with Crippen molar-refractivity contribution in [1.82, 2.24) is 0 Å². The van der Waals surface area contributed by atoms with Gasteiger partial charge in [0.2, 0.25) is 0 Å². The summed E-state index contributed by atoms with van der Waals surface area (Å²) in [5.41, 5.74) is 0.996. The minimum atomic E-state index is -0.154. The number of rotatable bonds is 6. The van der Waals surface area contributed by atoms with Crippen molar-refractivity contribution in [2.45, 2.75) is 26.7 Å². The third-order valence-corrected chi connectivity index (χ3v) is 2.45. The van der Waals surface area contributed by atoms with Gasteiger partial charge in [-0.15, -0.1) is 0 Å². The van der Waals surface area contributed by atoms with E-state index in [0.717, 1.165) is 6.42 Å². The van der Waals surface area contributed by atoms with Gasteiger partial charge < -0.3 is 14.6 Å². The quantitative estimate of drug-likeness (QED) is 0.611. The Labute approximate surface area is 101 Å². The number of phenols is 1. The molecule has 0 saturated heterocycles. The molecule has 0 saturated carbocycles. The van der Waals surface area contributed by atoms with Crippen molar-refractivity contribution in [3.8, 4) is 11.5 Å². The lowest BCUT2D eigenvalue weighted by Crippen LogP contribution is -2.04. The highest BCUT2D eigenvalue weighted by atomic mass is 16.7. The lowest BCUT2D eigenvalue weighted by atomic mass is 10.0. The predicted molar refractivity (Wildman–Crippen MR) is 64.6 cm³/mol. The number of carbonyl (C=O) groups excluding carboxylic acids is 1. The summed E-state index contributed by atoms with van der Waals surface area (Å²) in [4.78, 5) is 11.3. The van der Waals surface area contributed by atoms with Gasteiger partial charge in [-0.1, -0.05) is 13.3 Å². The zero-order valence-corrected chi connectivity index (χ0v) is 10.4. The van der Waals surface area contributed by atoms with E-state index in [0.29, 0.717) is 23.3 Å². The fourth-order valence-electron chi connectivity index (χ4n) is 1.65. The van der Waals surface area contributed by atoms with Gasteiger partial charge in [0, 0.05) is 12.7 Å². The highest BCUT2D eigenvalue weighted by Gasteiger charge is 2.15. The maximum Gasteiger partial charge on any atom is 0.188 e. The van der Waals surface area contributed by atoms with Gasteiger partial charge in [0.15, 0.2) is 12.6 Å². The van der Waals surface area contributed by atoms with Gasteiger partial charge in [-0.25, -0.2) is 0 Å². The second kappa shape index (κ2) is 6.25. The third-order valence-electron chi connectivity index (χ3n) is 2.45. The maximum atomic E-state index is 11.3. The van der Waals surface area contributed by atoms with Gasteiger partial charge >= 0.3 is 0 Å². The molecule has 0 atom stereocenters. The number of phenolic OH excluding ortho intramolecular Hbond substituents is 1. The summed E-state index contributed by atoms with van der Waals surface area (Å²) in [5, 5.41) is 10.0. The molecule has 4 nitrogen and oxygen atoms in total. The number of hydrogen-bond donors (Lipinski definition) is 1. The van der Waals surface area contributed by atoms with Crippen molar-refractivity contribution in [3.05, 3.63) is 23.3 Å². The van der Waals surface area contributed by atoms with Crippen LogP contribution in [0.5, 0.6) is 11.5 Å². The molecular formula is C13H18O4. The summed E-state index contributed by atoms with van der Waals surface area (Å²) >= 11 is 0. The standard InChI is InChI=1S/C13H18O4/c1-4-5-11-12(17-8-16-3)7-6-10(9(2)14)13(11)15/h6-7,15H,4-5,8H2,1-3H3. The lowest BCUT2D eigenvalue weighted by molar-refractivity contribution is 0.0502. The third kappa shape index (κ3) is 3.20. The Balaban J connectivity index is 3.14. The second-order valence-electron chi connectivity index (χ2n) is 3.80. The zero-order valence-electron chi connectivity index (χ0n) is 10.4. The van der Waals surface area contributed by atoms with Crippen molar-refractivity contribution in [2.75, 3.05) is 13.9 Å². The maximum absolute atomic E-state index is 11.3. The first-order valence-corrected chi connectivity index (χ1v) is 5.59. The molecule has 1 rings (SSSR count). The van der Waals surface area contributed by atoms with Gasteiger partial charge in [-0.2, -0.15) is 0 Å². The number of aromatic hydroxyl groups is 1. The topological polar surface area (TPSA) is 55.8 Å². The molecule has 4 heteroatoms. The van der Waals surface area contributed by atoms with E-state index in [4.69, 9.17) is 9.47 Å². The van der Waals surface area contributed by atoms with E-state index < -0.39 is 0 Å². The Morgan fingerprint density at radius 1 is 1.41 bits per heavy atom. The number of Topliss-reactive ketones (excluding diaryl/α,β-unsaturated/α-hetero) is 1. The minimum absolute atomic E-state index is 0.0213. The molecule has 1 aromatic carbocycles. The number of hydrogen-bond acceptors (Lipinski definition) is 4. The monoisotopic (exact) mass is 238 g/mol. The number of carbonyl (C=O) groups is 1. The molecule has 0 aliphatic rings. The Kier molecular flexibility index (Phi) is 4.97. The molecule has 0 aliphatic heterocycles. The Bertz CT molecular complexity index is 399. The van der Waals surface area contributed by atoms with Crippen LogP contribution < -0.4 is 4.74 Å². The molecule has 0 spiro atoms. The average Bonchev–Trinajstić information content (AvgIpc) is 2.29. The van der Waals surface area contributed by atoms with Crippen LogP contribution in [0.3, 0.4) is 0 Å². The molecule has 1 aromatic rings. The molecule has 0 amide bonds. The number of ketones is 1. The molecule has 94 valence electrons. The SMILES string of the molecule is CCCc1c(OCOC)ccc(C(C)=O)c1O. The molecule has 17 heavy (non-hydrogen) atoms. The average molecular weight is 238 g/mol. The minimum Gasteiger partial charge on any atom is -0.507 e. The van der Waals surface area contributed by atoms with Gasteiger partial charge in [0.05, 0.1) is 5.56 Å². The molecule has 0 aromatic heterocycles. The first-order chi connectivity index (χ1) is 8.11. The van der Waals surface area contributed by atoms with Crippen LogP contribution >= 0.6 is 0 Å². The molecular weight excluding hydrogens is 220 g/mol. The molecule has 0 radical (unpaired) electrons. The number of methoxy groups -OCH3 is 1. The lowest BCUT2D eigenvalue weighted by Gasteiger charge is -2.13. The van der Waals surface area contributed by atoms with Crippen LogP contribution in [0.15, 0.2) is 12.1 Å². The Hall–Kier alpha value is -1.55. The highest BCUT2D eigenvalue weighted by molar-refractivity contribution is 5.97. The Morgan fingerprint density at radius 3 is 2.65 bits per heavy atom. The summed E-state index contributed by atoms with van der Waals surface area (Å²) in [6.07, 6.45) is 1.52. The van der Waals surface area contributed by atoms with E-state index in [1.807, 2.05) is 6.92 Å². The van der Waals surface area contributed by atoms with Crippen LogP contribution in [0.4, 0.5) is 0 Å². The van der Waals surface area contributed by atoms with E-state index in [2.05, 4.69) is 0 Å². The van der Waals surface area contributed by atoms with Crippen molar-refractivity contribution in [3.63, 3.8) is 0 Å². The zero-order chi connectivity index (χ0) is 12.8. The van der Waals surface area contributed by atoms with E-state index in [1.165, 1.54) is 14.0 Å². The number of ether oxygens (including phenoxy) is 2. The summed E-state index contributed by atoms with van der Waals surface area (Å²) < 4.78 is 10.2. The summed E-state index contributed by atoms with van der Waals surface area (Å²) in [5.74, 6) is 0.433. The van der Waals surface area contributed by atoms with Crippen LogP contribution in [-0.4, -0.2) is 24.8 Å². The van der Waals surface area contributed by atoms with Gasteiger partial charge in [-0.05, 0) is 25.5 Å².